The summed E-state index contributed by atoms with van der Waals surface area (Å²) in [6.07, 6.45) is 2.55. The van der Waals surface area contributed by atoms with E-state index in [1.54, 1.807) is 19.1 Å². The number of hydrogen-bond donors (Lipinski definition) is 10. The van der Waals surface area contributed by atoms with Crippen LogP contribution in [0.2, 0.25) is 0 Å². The van der Waals surface area contributed by atoms with Crippen molar-refractivity contribution in [2.24, 2.45) is 22.4 Å². The first kappa shape index (κ1) is 50.0. The molecule has 3 rings (SSSR count). The molecule has 12 N–H and O–H groups in total. The molecule has 0 aliphatic carbocycles. The van der Waals surface area contributed by atoms with Gasteiger partial charge in [-0.3, -0.25) is 29.0 Å². The molecule has 1 aliphatic rings. The maximum Gasteiger partial charge on any atom is 0.326 e. The molecular formula is C43H64N10O9. The maximum absolute atomic E-state index is 14.3. The Labute approximate surface area is 362 Å². The van der Waals surface area contributed by atoms with Crippen LogP contribution in [0.4, 0.5) is 4.79 Å². The number of nitrogens with zero attached hydrogens (tertiary/aromatic N) is 2. The first-order valence-electron chi connectivity index (χ1n) is 21.1. The van der Waals surface area contributed by atoms with E-state index in [0.29, 0.717) is 38.5 Å². The Morgan fingerprint density at radius 3 is 2.21 bits per heavy atom. The molecule has 0 radical (unpaired) electrons. The second-order valence-corrected chi connectivity index (χ2v) is 15.7. The predicted molar refractivity (Wildman–Crippen MR) is 232 cm³/mol. The third-order valence-corrected chi connectivity index (χ3v) is 10.9. The number of nitrogens with two attached hydrogens (primary N) is 2. The van der Waals surface area contributed by atoms with Gasteiger partial charge in [-0.1, -0.05) is 62.7 Å². The lowest BCUT2D eigenvalue weighted by atomic mass is 9.96. The third kappa shape index (κ3) is 16.6. The highest BCUT2D eigenvalue weighted by atomic mass is 16.4. The van der Waals surface area contributed by atoms with Gasteiger partial charge in [0.2, 0.25) is 29.5 Å². The van der Waals surface area contributed by atoms with Crippen molar-refractivity contribution in [1.82, 2.24) is 36.8 Å². The number of aliphatic imine (C=N–C) groups is 1. The van der Waals surface area contributed by atoms with E-state index in [2.05, 4.69) is 36.9 Å². The van der Waals surface area contributed by atoms with Crippen molar-refractivity contribution in [3.63, 3.8) is 0 Å². The summed E-state index contributed by atoms with van der Waals surface area (Å²) in [6.45, 7) is 5.52. The van der Waals surface area contributed by atoms with Crippen LogP contribution in [-0.4, -0.2) is 119 Å². The molecule has 2 aromatic carbocycles. The Kier molecular flexibility index (Phi) is 20.5. The van der Waals surface area contributed by atoms with Crippen molar-refractivity contribution >= 4 is 47.5 Å². The van der Waals surface area contributed by atoms with Crippen LogP contribution in [0.25, 0.3) is 0 Å². The number of carboxylic acid groups (broad SMARTS) is 1. The number of phenols is 1. The second-order valence-electron chi connectivity index (χ2n) is 15.7. The highest BCUT2D eigenvalue weighted by Crippen LogP contribution is 2.16. The Morgan fingerprint density at radius 2 is 1.56 bits per heavy atom. The number of unbranched alkanes of at least 4 members (excludes halogenated alkanes) is 1. The molecule has 19 heteroatoms. The zero-order valence-corrected chi connectivity index (χ0v) is 36.0. The number of carbonyl (C=O) groups is 7. The van der Waals surface area contributed by atoms with E-state index >= 15 is 0 Å². The van der Waals surface area contributed by atoms with Gasteiger partial charge >= 0.3 is 12.0 Å². The van der Waals surface area contributed by atoms with Crippen LogP contribution in [0.3, 0.4) is 0 Å². The molecule has 19 nitrogen and oxygen atoms in total. The van der Waals surface area contributed by atoms with E-state index in [0.717, 1.165) is 11.1 Å². The number of likely N-dealkylation sites (N-methyl/N-ethyl adjacent to an activating group) is 1. The number of hydrogen-bond acceptors (Lipinski definition) is 9. The normalized spacial score (nSPS) is 21.9. The largest absolute Gasteiger partial charge is 0.508 e. The lowest BCUT2D eigenvalue weighted by Crippen LogP contribution is -2.60. The SMILES string of the molecule is CC[C@H](C)[C@@H]1NC(=O)[C@H](NC(=O)N[C@@H](CCCCN=C(N)N)C(=O)O)CCCCNC(=O)[C@H](Cc2ccccc2)NC(=O)[C@H](C)N(C)C(=O)[C@H](CCc2ccc(O)cc2)NC1=O. The van der Waals surface area contributed by atoms with Crippen LogP contribution in [-0.2, 0) is 41.6 Å². The minimum Gasteiger partial charge on any atom is -0.508 e. The minimum atomic E-state index is -1.30. The monoisotopic (exact) mass is 864 g/mol. The molecule has 0 aromatic heterocycles. The number of nitrogens with one attached hydrogen (secondary N) is 6. The van der Waals surface area contributed by atoms with Crippen molar-refractivity contribution in [2.75, 3.05) is 20.1 Å². The number of carbonyl (C=O) groups excluding carboxylic acids is 6. The zero-order valence-electron chi connectivity index (χ0n) is 36.0. The molecular weight excluding hydrogens is 801 g/mol. The third-order valence-electron chi connectivity index (χ3n) is 10.9. The maximum atomic E-state index is 14.3. The predicted octanol–water partition coefficient (Wildman–Crippen LogP) is 0.780. The number of guanidine groups is 1. The fourth-order valence-corrected chi connectivity index (χ4v) is 6.77. The van der Waals surface area contributed by atoms with Gasteiger partial charge in [0.25, 0.3) is 0 Å². The van der Waals surface area contributed by atoms with Crippen molar-refractivity contribution in [2.45, 2.75) is 121 Å². The summed E-state index contributed by atoms with van der Waals surface area (Å²) in [7, 11) is 1.43. The average Bonchev–Trinajstić information content (AvgIpc) is 3.24. The Balaban J connectivity index is 1.96. The molecule has 1 aliphatic heterocycles. The number of amides is 7. The summed E-state index contributed by atoms with van der Waals surface area (Å²) < 4.78 is 0. The number of aryl methyl sites for hydroxylation is 1. The lowest BCUT2D eigenvalue weighted by Gasteiger charge is -2.32. The highest BCUT2D eigenvalue weighted by Gasteiger charge is 2.36. The summed E-state index contributed by atoms with van der Waals surface area (Å²) in [4.78, 5) is 100. The summed E-state index contributed by atoms with van der Waals surface area (Å²) in [6, 6.07) is 7.56. The fraction of sp³-hybridized carbons (Fsp3) is 0.535. The van der Waals surface area contributed by atoms with Gasteiger partial charge < -0.3 is 58.5 Å². The van der Waals surface area contributed by atoms with Gasteiger partial charge in [-0.2, -0.15) is 0 Å². The second kappa shape index (κ2) is 25.4. The van der Waals surface area contributed by atoms with Gasteiger partial charge in [-0.15, -0.1) is 0 Å². The van der Waals surface area contributed by atoms with Gasteiger partial charge in [0.05, 0.1) is 0 Å². The van der Waals surface area contributed by atoms with Crippen molar-refractivity contribution in [3.05, 3.63) is 65.7 Å². The van der Waals surface area contributed by atoms with Crippen molar-refractivity contribution in [3.8, 4) is 5.75 Å². The molecule has 7 atom stereocenters. The van der Waals surface area contributed by atoms with E-state index in [9.17, 15) is 43.8 Å². The highest BCUT2D eigenvalue weighted by molar-refractivity contribution is 5.96. The molecule has 1 heterocycles. The lowest BCUT2D eigenvalue weighted by molar-refractivity contribution is -0.142. The molecule has 340 valence electrons. The van der Waals surface area contributed by atoms with Crippen molar-refractivity contribution in [1.29, 1.82) is 0 Å². The summed E-state index contributed by atoms with van der Waals surface area (Å²) >= 11 is 0. The fourth-order valence-electron chi connectivity index (χ4n) is 6.77. The number of rotatable bonds is 15. The van der Waals surface area contributed by atoms with E-state index in [4.69, 9.17) is 11.5 Å². The smallest absolute Gasteiger partial charge is 0.326 e. The van der Waals surface area contributed by atoms with Crippen molar-refractivity contribution < 1.29 is 43.8 Å². The van der Waals surface area contributed by atoms with E-state index in [-0.39, 0.29) is 50.5 Å². The number of carboxylic acids is 1. The Morgan fingerprint density at radius 1 is 0.887 bits per heavy atom. The van der Waals surface area contributed by atoms with Gasteiger partial charge in [0.15, 0.2) is 5.96 Å². The Bertz CT molecular complexity index is 1840. The molecule has 62 heavy (non-hydrogen) atoms. The quantitative estimate of drug-likeness (QED) is 0.0678. The summed E-state index contributed by atoms with van der Waals surface area (Å²) in [5, 5.41) is 35.9. The van der Waals surface area contributed by atoms with E-state index in [1.807, 2.05) is 37.3 Å². The van der Waals surface area contributed by atoms with Crippen LogP contribution >= 0.6 is 0 Å². The molecule has 0 unspecified atom stereocenters. The number of aromatic hydroxyl groups is 1. The van der Waals surface area contributed by atoms with Crippen LogP contribution in [0.5, 0.6) is 5.75 Å². The first-order chi connectivity index (χ1) is 29.5. The molecule has 7 amide bonds. The van der Waals surface area contributed by atoms with Gasteiger partial charge in [0.1, 0.15) is 42.0 Å². The number of aliphatic carboxylic acids is 1. The minimum absolute atomic E-state index is 0.0421. The Hall–Kier alpha value is -6.40. The van der Waals surface area contributed by atoms with Crippen LogP contribution in [0.1, 0.15) is 83.3 Å². The first-order valence-corrected chi connectivity index (χ1v) is 21.1. The topological polar surface area (TPSA) is 300 Å². The number of phenolic OH excluding ortho intramolecular Hbond substituents is 1. The van der Waals surface area contributed by atoms with Crippen LogP contribution in [0, 0.1) is 5.92 Å². The van der Waals surface area contributed by atoms with Crippen LogP contribution in [0.15, 0.2) is 59.6 Å². The molecule has 0 bridgehead atoms. The summed E-state index contributed by atoms with van der Waals surface area (Å²) in [5.74, 6) is -4.83. The van der Waals surface area contributed by atoms with Crippen LogP contribution < -0.4 is 43.4 Å². The van der Waals surface area contributed by atoms with E-state index in [1.165, 1.54) is 31.0 Å². The number of urea groups is 1. The standard InChI is InChI=1S/C43H64N10O9/c1-5-26(2)35-39(58)48-32(22-19-28-17-20-30(54)21-18-28)40(59)53(4)27(3)36(55)49-34(25-29-13-7-6-8-14-29)37(56)46-23-11-9-15-31(38(57)52-35)50-43(62)51-33(41(60)61)16-10-12-24-47-42(44)45/h6-8,13-14,17-18,20-21,26-27,31-35,54H,5,9-12,15-16,19,22-25H2,1-4H3,(H,46,56)(H,48,58)(H,49,55)(H,52,57)(H,60,61)(H4,44,45,47)(H2,50,51,62)/t26-,27-,31+,32-,33-,34-,35-/m0/s1. The zero-order chi connectivity index (χ0) is 45.8. The van der Waals surface area contributed by atoms with Gasteiger partial charge in [-0.25, -0.2) is 9.59 Å². The van der Waals surface area contributed by atoms with Gasteiger partial charge in [0, 0.05) is 26.6 Å². The summed E-state index contributed by atoms with van der Waals surface area (Å²) in [5.41, 5.74) is 12.2. The molecule has 2 aromatic rings. The van der Waals surface area contributed by atoms with E-state index < -0.39 is 83.7 Å². The molecule has 0 saturated carbocycles. The number of benzene rings is 2. The van der Waals surface area contributed by atoms with Gasteiger partial charge in [-0.05, 0) is 87.5 Å². The average molecular weight is 865 g/mol. The molecule has 0 spiro atoms. The molecule has 1 saturated heterocycles. The molecule has 1 fully saturated rings.